The molecule has 7 heteroatoms. The highest BCUT2D eigenvalue weighted by molar-refractivity contribution is 8.00. The fourth-order valence-electron chi connectivity index (χ4n) is 1.44. The summed E-state index contributed by atoms with van der Waals surface area (Å²) in [5, 5.41) is 12.9. The smallest absolute Gasteiger partial charge is 0.293 e. The van der Waals surface area contributed by atoms with Gasteiger partial charge in [0.05, 0.1) is 9.13 Å². The number of anilines is 1. The quantitative estimate of drug-likeness (QED) is 0.380. The molecule has 0 atom stereocenters. The Hall–Kier alpha value is -1.57. The first kappa shape index (κ1) is 12.9. The molecule has 0 spiro atoms. The van der Waals surface area contributed by atoms with Gasteiger partial charge in [0.1, 0.15) is 5.69 Å². The molecule has 2 rings (SSSR count). The van der Waals surface area contributed by atoms with Crippen LogP contribution in [0.1, 0.15) is 5.56 Å². The summed E-state index contributed by atoms with van der Waals surface area (Å²) in [5.74, 6) is 5.93. The van der Waals surface area contributed by atoms with Crippen LogP contribution < -0.4 is 11.3 Å². The molecule has 0 saturated carbocycles. The molecule has 0 amide bonds. The molecule has 5 nitrogen and oxygen atoms in total. The first-order valence-electron chi connectivity index (χ1n) is 5.11. The molecule has 0 bridgehead atoms. The van der Waals surface area contributed by atoms with Gasteiger partial charge in [0, 0.05) is 11.8 Å². The highest BCUT2D eigenvalue weighted by atomic mass is 32.2. The molecule has 18 heavy (non-hydrogen) atoms. The van der Waals surface area contributed by atoms with Crippen molar-refractivity contribution in [3.05, 3.63) is 51.4 Å². The molecule has 2 aromatic rings. The third-order valence-corrected chi connectivity index (χ3v) is 4.49. The molecule has 0 radical (unpaired) electrons. The zero-order chi connectivity index (χ0) is 13.0. The number of thiophene rings is 1. The lowest BCUT2D eigenvalue weighted by Crippen LogP contribution is -2.09. The number of nitrogens with zero attached hydrogens (tertiary/aromatic N) is 1. The lowest BCUT2D eigenvalue weighted by atomic mass is 10.2. The van der Waals surface area contributed by atoms with E-state index in [2.05, 4.69) is 5.43 Å². The molecule has 0 aliphatic rings. The van der Waals surface area contributed by atoms with E-state index in [-0.39, 0.29) is 5.69 Å². The highest BCUT2D eigenvalue weighted by Crippen LogP contribution is 2.30. The molecule has 0 fully saturated rings. The van der Waals surface area contributed by atoms with Crippen molar-refractivity contribution in [1.82, 2.24) is 0 Å². The fraction of sp³-hybridized carbons (Fsp3) is 0.0909. The van der Waals surface area contributed by atoms with E-state index in [1.807, 2.05) is 23.6 Å². The number of thioether (sulfide) groups is 1. The van der Waals surface area contributed by atoms with Gasteiger partial charge in [-0.25, -0.2) is 0 Å². The minimum Gasteiger partial charge on any atom is -0.318 e. The summed E-state index contributed by atoms with van der Waals surface area (Å²) in [7, 11) is 0. The van der Waals surface area contributed by atoms with Crippen LogP contribution in [0, 0.1) is 10.1 Å². The van der Waals surface area contributed by atoms with Gasteiger partial charge in [-0.15, -0.1) is 23.1 Å². The number of rotatable bonds is 5. The van der Waals surface area contributed by atoms with Crippen LogP contribution in [-0.2, 0) is 5.75 Å². The van der Waals surface area contributed by atoms with Gasteiger partial charge in [0.2, 0.25) is 0 Å². The SMILES string of the molecule is NNc1ccc(CSc2cccs2)cc1[N+](=O)[O-]. The second-order valence-corrected chi connectivity index (χ2v) is 5.70. The van der Waals surface area contributed by atoms with Gasteiger partial charge in [-0.1, -0.05) is 12.1 Å². The topological polar surface area (TPSA) is 81.2 Å². The lowest BCUT2D eigenvalue weighted by Gasteiger charge is -2.04. The Morgan fingerprint density at radius 2 is 2.28 bits per heavy atom. The average molecular weight is 281 g/mol. The molecular formula is C11H11N3O2S2. The number of nitrogen functional groups attached to an aromatic ring is 1. The van der Waals surface area contributed by atoms with Crippen molar-refractivity contribution in [2.45, 2.75) is 9.96 Å². The Bertz CT molecular complexity index is 543. The summed E-state index contributed by atoms with van der Waals surface area (Å²) in [6.07, 6.45) is 0. The third-order valence-electron chi connectivity index (χ3n) is 2.29. The minimum absolute atomic E-state index is 0.00165. The van der Waals surface area contributed by atoms with Crippen LogP contribution in [0.3, 0.4) is 0 Å². The van der Waals surface area contributed by atoms with Crippen LogP contribution in [0.5, 0.6) is 0 Å². The standard InChI is InChI=1S/C11H11N3O2S2/c12-13-9-4-3-8(6-10(9)14(15)16)7-18-11-2-1-5-17-11/h1-6,13H,7,12H2. The molecule has 0 saturated heterocycles. The first-order chi connectivity index (χ1) is 8.70. The summed E-state index contributed by atoms with van der Waals surface area (Å²) in [4.78, 5) is 10.4. The Balaban J connectivity index is 2.14. The van der Waals surface area contributed by atoms with Gasteiger partial charge in [0.25, 0.3) is 5.69 Å². The van der Waals surface area contributed by atoms with E-state index in [1.165, 1.54) is 4.21 Å². The van der Waals surface area contributed by atoms with E-state index in [4.69, 9.17) is 5.84 Å². The van der Waals surface area contributed by atoms with Crippen molar-refractivity contribution in [1.29, 1.82) is 0 Å². The Morgan fingerprint density at radius 3 is 2.89 bits per heavy atom. The number of nitrogens with two attached hydrogens (primary N) is 1. The van der Waals surface area contributed by atoms with Crippen molar-refractivity contribution in [2.24, 2.45) is 5.84 Å². The van der Waals surface area contributed by atoms with Crippen LogP contribution in [0.15, 0.2) is 39.9 Å². The maximum Gasteiger partial charge on any atom is 0.293 e. The number of nitro benzene ring substituents is 1. The molecule has 1 aromatic heterocycles. The minimum atomic E-state index is -0.436. The second-order valence-electron chi connectivity index (χ2n) is 3.47. The predicted molar refractivity (Wildman–Crippen MR) is 74.8 cm³/mol. The Morgan fingerprint density at radius 1 is 1.44 bits per heavy atom. The molecule has 1 aromatic carbocycles. The number of benzene rings is 1. The summed E-state index contributed by atoms with van der Waals surface area (Å²) >= 11 is 3.32. The molecule has 0 aliphatic carbocycles. The van der Waals surface area contributed by atoms with Gasteiger partial charge >= 0.3 is 0 Å². The van der Waals surface area contributed by atoms with Crippen molar-refractivity contribution < 1.29 is 4.92 Å². The van der Waals surface area contributed by atoms with Gasteiger partial charge in [-0.3, -0.25) is 16.0 Å². The van der Waals surface area contributed by atoms with Crippen LogP contribution in [-0.4, -0.2) is 4.92 Å². The number of hydrogen-bond donors (Lipinski definition) is 2. The maximum atomic E-state index is 10.9. The zero-order valence-electron chi connectivity index (χ0n) is 9.33. The van der Waals surface area contributed by atoms with Crippen molar-refractivity contribution >= 4 is 34.5 Å². The Labute approximate surface area is 112 Å². The van der Waals surface area contributed by atoms with Crippen LogP contribution in [0.25, 0.3) is 0 Å². The van der Waals surface area contributed by atoms with Crippen molar-refractivity contribution in [3.8, 4) is 0 Å². The molecule has 0 aliphatic heterocycles. The van der Waals surface area contributed by atoms with E-state index in [0.717, 1.165) is 5.56 Å². The predicted octanol–water partition coefficient (Wildman–Crippen LogP) is 3.23. The van der Waals surface area contributed by atoms with Gasteiger partial charge in [-0.2, -0.15) is 0 Å². The molecule has 94 valence electrons. The number of hydrazine groups is 1. The summed E-state index contributed by atoms with van der Waals surface area (Å²) in [6.45, 7) is 0. The van der Waals surface area contributed by atoms with E-state index in [1.54, 1.807) is 35.2 Å². The number of nitrogens with one attached hydrogen (secondary N) is 1. The maximum absolute atomic E-state index is 10.9. The van der Waals surface area contributed by atoms with Crippen LogP contribution >= 0.6 is 23.1 Å². The molecule has 1 heterocycles. The first-order valence-corrected chi connectivity index (χ1v) is 6.97. The molecule has 3 N–H and O–H groups in total. The van der Waals surface area contributed by atoms with E-state index < -0.39 is 4.92 Å². The van der Waals surface area contributed by atoms with Crippen molar-refractivity contribution in [3.63, 3.8) is 0 Å². The molecular weight excluding hydrogens is 270 g/mol. The van der Waals surface area contributed by atoms with Crippen LogP contribution in [0.2, 0.25) is 0 Å². The van der Waals surface area contributed by atoms with Crippen molar-refractivity contribution in [2.75, 3.05) is 5.43 Å². The largest absolute Gasteiger partial charge is 0.318 e. The van der Waals surface area contributed by atoms with E-state index in [0.29, 0.717) is 11.4 Å². The molecule has 0 unspecified atom stereocenters. The normalized spacial score (nSPS) is 10.3. The van der Waals surface area contributed by atoms with Crippen LogP contribution in [0.4, 0.5) is 11.4 Å². The monoisotopic (exact) mass is 281 g/mol. The highest BCUT2D eigenvalue weighted by Gasteiger charge is 2.13. The lowest BCUT2D eigenvalue weighted by molar-refractivity contribution is -0.384. The second kappa shape index (κ2) is 5.85. The zero-order valence-corrected chi connectivity index (χ0v) is 11.0. The number of hydrogen-bond acceptors (Lipinski definition) is 6. The van der Waals surface area contributed by atoms with E-state index >= 15 is 0 Å². The summed E-state index contributed by atoms with van der Waals surface area (Å²) in [5.41, 5.74) is 3.55. The van der Waals surface area contributed by atoms with Gasteiger partial charge < -0.3 is 5.43 Å². The summed E-state index contributed by atoms with van der Waals surface area (Å²) < 4.78 is 1.19. The number of nitro groups is 1. The van der Waals surface area contributed by atoms with Gasteiger partial charge in [0.15, 0.2) is 0 Å². The third kappa shape index (κ3) is 3.00. The van der Waals surface area contributed by atoms with E-state index in [9.17, 15) is 10.1 Å². The van der Waals surface area contributed by atoms with Gasteiger partial charge in [-0.05, 0) is 23.1 Å². The average Bonchev–Trinajstić information content (AvgIpc) is 2.89. The summed E-state index contributed by atoms with van der Waals surface area (Å²) in [6, 6.07) is 9.03. The fourth-order valence-corrected chi connectivity index (χ4v) is 3.17. The Kier molecular flexibility index (Phi) is 4.19.